The van der Waals surface area contributed by atoms with Gasteiger partial charge in [-0.15, -0.1) is 10.2 Å². The van der Waals surface area contributed by atoms with Crippen LogP contribution in [0.3, 0.4) is 0 Å². The van der Waals surface area contributed by atoms with Crippen LogP contribution in [0, 0.1) is 28.8 Å². The summed E-state index contributed by atoms with van der Waals surface area (Å²) in [6.45, 7) is -1.36. The summed E-state index contributed by atoms with van der Waals surface area (Å²) in [5.74, 6) is -7.49. The Bertz CT molecular complexity index is 1410. The summed E-state index contributed by atoms with van der Waals surface area (Å²) in [5.41, 5.74) is -5.31. The zero-order valence-corrected chi connectivity index (χ0v) is 18.1. The lowest BCUT2D eigenvalue weighted by Gasteiger charge is -2.35. The SMILES string of the molecule is N#Cc1cccc(COc2ccc(C(F)(F)C(O)(Cn3ncnn3)c3ccc(F)cc3F)nc2)c1F. The highest BCUT2D eigenvalue weighted by atomic mass is 19.3. The average molecular weight is 502 g/mol. The fraction of sp³-hybridized carbons (Fsp3) is 0.174. The molecule has 0 saturated heterocycles. The van der Waals surface area contributed by atoms with Crippen LogP contribution in [0.1, 0.15) is 22.4 Å². The molecule has 0 aliphatic rings. The third-order valence-corrected chi connectivity index (χ3v) is 5.31. The van der Waals surface area contributed by atoms with Gasteiger partial charge in [-0.3, -0.25) is 4.98 Å². The van der Waals surface area contributed by atoms with Gasteiger partial charge in [0.25, 0.3) is 0 Å². The number of aliphatic hydroxyl groups is 1. The number of hydrogen-bond acceptors (Lipinski definition) is 7. The van der Waals surface area contributed by atoms with E-state index < -0.39 is 46.8 Å². The van der Waals surface area contributed by atoms with Crippen molar-refractivity contribution in [1.29, 1.82) is 5.26 Å². The molecule has 13 heteroatoms. The summed E-state index contributed by atoms with van der Waals surface area (Å²) in [4.78, 5) is 4.27. The van der Waals surface area contributed by atoms with Crippen LogP contribution in [0.4, 0.5) is 22.0 Å². The number of halogens is 5. The number of ether oxygens (including phenoxy) is 1. The van der Waals surface area contributed by atoms with Crippen LogP contribution in [0.15, 0.2) is 61.1 Å². The Balaban J connectivity index is 1.63. The first-order valence-electron chi connectivity index (χ1n) is 10.2. The smallest absolute Gasteiger partial charge is 0.323 e. The predicted molar refractivity (Wildman–Crippen MR) is 112 cm³/mol. The van der Waals surface area contributed by atoms with Crippen molar-refractivity contribution in [2.24, 2.45) is 0 Å². The van der Waals surface area contributed by atoms with Crippen LogP contribution in [0.5, 0.6) is 5.75 Å². The van der Waals surface area contributed by atoms with Crippen LogP contribution >= 0.6 is 0 Å². The van der Waals surface area contributed by atoms with Gasteiger partial charge in [0.2, 0.25) is 0 Å². The topological polar surface area (TPSA) is 110 Å². The molecule has 0 spiro atoms. The Morgan fingerprint density at radius 3 is 2.53 bits per heavy atom. The summed E-state index contributed by atoms with van der Waals surface area (Å²) in [7, 11) is 0. The molecule has 2 heterocycles. The third kappa shape index (κ3) is 4.58. The van der Waals surface area contributed by atoms with Gasteiger partial charge in [-0.25, -0.2) is 13.2 Å². The van der Waals surface area contributed by atoms with Crippen LogP contribution < -0.4 is 4.74 Å². The molecule has 184 valence electrons. The predicted octanol–water partition coefficient (Wildman–Crippen LogP) is 3.62. The molecule has 4 aromatic rings. The second kappa shape index (κ2) is 9.67. The molecule has 0 aliphatic heterocycles. The number of pyridine rings is 1. The van der Waals surface area contributed by atoms with Gasteiger partial charge in [0, 0.05) is 17.2 Å². The number of benzene rings is 2. The van der Waals surface area contributed by atoms with Crippen LogP contribution in [0.2, 0.25) is 0 Å². The summed E-state index contributed by atoms with van der Waals surface area (Å²) in [5, 5.41) is 30.4. The Labute approximate surface area is 200 Å². The summed E-state index contributed by atoms with van der Waals surface area (Å²) < 4.78 is 78.9. The Hall–Kier alpha value is -4.44. The van der Waals surface area contributed by atoms with Gasteiger partial charge in [0.1, 0.15) is 48.1 Å². The first-order chi connectivity index (χ1) is 17.2. The molecule has 4 rings (SSSR count). The van der Waals surface area contributed by atoms with Crippen LogP contribution in [-0.2, 0) is 24.7 Å². The number of aromatic nitrogens is 5. The molecule has 0 bridgehead atoms. The molecular formula is C23H15F5N6O2. The largest absolute Gasteiger partial charge is 0.487 e. The first-order valence-corrected chi connectivity index (χ1v) is 10.2. The normalized spacial score (nSPS) is 13.1. The van der Waals surface area contributed by atoms with E-state index in [2.05, 4.69) is 20.4 Å². The van der Waals surface area contributed by atoms with E-state index in [-0.39, 0.29) is 23.5 Å². The van der Waals surface area contributed by atoms with E-state index in [1.54, 1.807) is 6.07 Å². The Kier molecular flexibility index (Phi) is 6.63. The van der Waals surface area contributed by atoms with Gasteiger partial charge in [-0.05, 0) is 35.5 Å². The van der Waals surface area contributed by atoms with E-state index in [0.717, 1.165) is 30.7 Å². The molecule has 0 fully saturated rings. The zero-order chi connectivity index (χ0) is 25.9. The van der Waals surface area contributed by atoms with Crippen molar-refractivity contribution in [3.8, 4) is 11.8 Å². The molecule has 2 aromatic heterocycles. The molecule has 0 amide bonds. The van der Waals surface area contributed by atoms with Gasteiger partial charge in [0.05, 0.1) is 11.8 Å². The highest BCUT2D eigenvalue weighted by molar-refractivity contribution is 5.35. The minimum atomic E-state index is -4.24. The van der Waals surface area contributed by atoms with Gasteiger partial charge in [-0.1, -0.05) is 12.1 Å². The van der Waals surface area contributed by atoms with E-state index in [4.69, 9.17) is 10.00 Å². The molecule has 1 N–H and O–H groups in total. The molecule has 0 radical (unpaired) electrons. The molecular weight excluding hydrogens is 487 g/mol. The van der Waals surface area contributed by atoms with E-state index in [0.29, 0.717) is 16.9 Å². The average Bonchev–Trinajstić information content (AvgIpc) is 3.36. The minimum absolute atomic E-state index is 0.0224. The van der Waals surface area contributed by atoms with Crippen molar-refractivity contribution < 1.29 is 31.8 Å². The standard InChI is InChI=1S/C23H15F5N6O2/c24-16-4-6-18(19(25)8-16)22(35,12-34-32-13-31-33-34)23(27,28)20-7-5-17(10-30-20)36-11-15-3-1-2-14(9-29)21(15)26/h1-8,10,13,35H,11-12H2. The van der Waals surface area contributed by atoms with Crippen molar-refractivity contribution in [2.45, 2.75) is 24.7 Å². The maximum atomic E-state index is 15.7. The van der Waals surface area contributed by atoms with Gasteiger partial charge >= 0.3 is 5.92 Å². The third-order valence-electron chi connectivity index (χ3n) is 5.31. The summed E-state index contributed by atoms with van der Waals surface area (Å²) >= 11 is 0. The summed E-state index contributed by atoms with van der Waals surface area (Å²) in [6.07, 6.45) is 1.84. The van der Waals surface area contributed by atoms with Crippen molar-refractivity contribution in [3.05, 3.63) is 101 Å². The summed E-state index contributed by atoms with van der Waals surface area (Å²) in [6, 6.07) is 9.53. The van der Waals surface area contributed by atoms with Crippen LogP contribution in [0.25, 0.3) is 0 Å². The number of nitrogens with zero attached hydrogens (tertiary/aromatic N) is 6. The second-order valence-corrected chi connectivity index (χ2v) is 7.58. The maximum absolute atomic E-state index is 15.7. The van der Waals surface area contributed by atoms with E-state index >= 15 is 8.78 Å². The maximum Gasteiger partial charge on any atom is 0.323 e. The fourth-order valence-corrected chi connectivity index (χ4v) is 3.45. The number of alkyl halides is 2. The highest BCUT2D eigenvalue weighted by Crippen LogP contribution is 2.46. The second-order valence-electron chi connectivity index (χ2n) is 7.58. The molecule has 1 unspecified atom stereocenters. The van der Waals surface area contributed by atoms with Crippen molar-refractivity contribution in [3.63, 3.8) is 0 Å². The van der Waals surface area contributed by atoms with Gasteiger partial charge < -0.3 is 9.84 Å². The monoisotopic (exact) mass is 502 g/mol. The quantitative estimate of drug-likeness (QED) is 0.367. The van der Waals surface area contributed by atoms with Crippen molar-refractivity contribution in [1.82, 2.24) is 25.2 Å². The lowest BCUT2D eigenvalue weighted by Crippen LogP contribution is -2.48. The van der Waals surface area contributed by atoms with Crippen molar-refractivity contribution >= 4 is 0 Å². The van der Waals surface area contributed by atoms with E-state index in [9.17, 15) is 18.3 Å². The first kappa shape index (κ1) is 24.7. The minimum Gasteiger partial charge on any atom is -0.487 e. The number of tetrazole rings is 1. The number of hydrogen-bond donors (Lipinski definition) is 1. The fourth-order valence-electron chi connectivity index (χ4n) is 3.45. The van der Waals surface area contributed by atoms with E-state index in [1.807, 2.05) is 0 Å². The molecule has 1 atom stereocenters. The van der Waals surface area contributed by atoms with Gasteiger partial charge in [-0.2, -0.15) is 18.8 Å². The Morgan fingerprint density at radius 1 is 1.08 bits per heavy atom. The molecule has 36 heavy (non-hydrogen) atoms. The lowest BCUT2D eigenvalue weighted by molar-refractivity contribution is -0.209. The van der Waals surface area contributed by atoms with Gasteiger partial charge in [0.15, 0.2) is 11.9 Å². The van der Waals surface area contributed by atoms with E-state index in [1.165, 1.54) is 18.2 Å². The molecule has 8 nitrogen and oxygen atoms in total. The molecule has 2 aromatic carbocycles. The molecule has 0 saturated carbocycles. The van der Waals surface area contributed by atoms with Crippen molar-refractivity contribution in [2.75, 3.05) is 0 Å². The number of rotatable bonds is 8. The van der Waals surface area contributed by atoms with Crippen LogP contribution in [-0.4, -0.2) is 30.3 Å². The molecule has 0 aliphatic carbocycles. The highest BCUT2D eigenvalue weighted by Gasteiger charge is 2.58. The number of nitriles is 1. The zero-order valence-electron chi connectivity index (χ0n) is 18.1. The Morgan fingerprint density at radius 2 is 1.89 bits per heavy atom. The lowest BCUT2D eigenvalue weighted by atomic mass is 9.84.